The minimum absolute atomic E-state index is 0.511. The fourth-order valence-electron chi connectivity index (χ4n) is 2.52. The van der Waals surface area contributed by atoms with Crippen LogP contribution in [0.2, 0.25) is 0 Å². The van der Waals surface area contributed by atoms with E-state index in [1.807, 2.05) is 24.3 Å². The van der Waals surface area contributed by atoms with Crippen LogP contribution < -0.4 is 5.73 Å². The van der Waals surface area contributed by atoms with E-state index in [-0.39, 0.29) is 0 Å². The van der Waals surface area contributed by atoms with Gasteiger partial charge in [0.05, 0.1) is 6.04 Å². The normalized spacial score (nSPS) is 14.4. The molecule has 1 atom stereocenters. The second kappa shape index (κ2) is 4.18. The first kappa shape index (κ1) is 11.4. The van der Waals surface area contributed by atoms with Gasteiger partial charge >= 0.3 is 0 Å². The number of hydrogen-bond acceptors (Lipinski definition) is 1. The van der Waals surface area contributed by atoms with Crippen molar-refractivity contribution in [2.75, 3.05) is 0 Å². The molecule has 0 saturated heterocycles. The topological polar surface area (TPSA) is 26.0 Å². The molecule has 0 bridgehead atoms. The van der Waals surface area contributed by atoms with E-state index in [2.05, 4.69) is 12.1 Å². The lowest BCUT2D eigenvalue weighted by Crippen LogP contribution is -2.18. The van der Waals surface area contributed by atoms with E-state index >= 15 is 0 Å². The van der Waals surface area contributed by atoms with Crippen LogP contribution in [0.3, 0.4) is 0 Å². The van der Waals surface area contributed by atoms with Gasteiger partial charge in [-0.2, -0.15) is 0 Å². The second-order valence-corrected chi connectivity index (χ2v) is 4.61. The summed E-state index contributed by atoms with van der Waals surface area (Å²) in [4.78, 5) is 0. The van der Waals surface area contributed by atoms with Gasteiger partial charge in [0.1, 0.15) is 0 Å². The average Bonchev–Trinajstić information content (AvgIpc) is 2.75. The first-order chi connectivity index (χ1) is 8.66. The van der Waals surface area contributed by atoms with Gasteiger partial charge in [-0.25, -0.2) is 8.78 Å². The SMILES string of the molecule is N[C@H](c1ccc2c(c1)Cc1ccccc1-2)C(F)F. The van der Waals surface area contributed by atoms with Crippen LogP contribution in [-0.2, 0) is 6.42 Å². The van der Waals surface area contributed by atoms with E-state index in [0.717, 1.165) is 17.5 Å². The molecule has 0 amide bonds. The highest BCUT2D eigenvalue weighted by molar-refractivity contribution is 5.76. The average molecular weight is 245 g/mol. The van der Waals surface area contributed by atoms with E-state index in [1.54, 1.807) is 6.07 Å². The Kier molecular flexibility index (Phi) is 2.63. The molecule has 0 unspecified atom stereocenters. The van der Waals surface area contributed by atoms with E-state index in [0.29, 0.717) is 5.56 Å². The molecule has 2 aromatic rings. The van der Waals surface area contributed by atoms with Gasteiger partial charge < -0.3 is 5.73 Å². The number of alkyl halides is 2. The second-order valence-electron chi connectivity index (χ2n) is 4.61. The van der Waals surface area contributed by atoms with Crippen LogP contribution >= 0.6 is 0 Å². The lowest BCUT2D eigenvalue weighted by Gasteiger charge is -2.12. The van der Waals surface area contributed by atoms with Crippen molar-refractivity contribution in [2.45, 2.75) is 18.9 Å². The summed E-state index contributed by atoms with van der Waals surface area (Å²) in [6.45, 7) is 0. The highest BCUT2D eigenvalue weighted by Crippen LogP contribution is 2.37. The van der Waals surface area contributed by atoms with Gasteiger partial charge in [0.25, 0.3) is 6.43 Å². The fourth-order valence-corrected chi connectivity index (χ4v) is 2.52. The smallest absolute Gasteiger partial charge is 0.257 e. The van der Waals surface area contributed by atoms with E-state index in [9.17, 15) is 8.78 Å². The largest absolute Gasteiger partial charge is 0.319 e. The molecule has 1 aliphatic rings. The molecule has 92 valence electrons. The fraction of sp³-hybridized carbons (Fsp3) is 0.200. The van der Waals surface area contributed by atoms with Crippen molar-refractivity contribution in [2.24, 2.45) is 5.73 Å². The van der Waals surface area contributed by atoms with Crippen molar-refractivity contribution >= 4 is 0 Å². The Labute approximate surface area is 104 Å². The van der Waals surface area contributed by atoms with E-state index in [4.69, 9.17) is 5.73 Å². The lowest BCUT2D eigenvalue weighted by molar-refractivity contribution is 0.116. The molecule has 0 spiro atoms. The molecule has 0 heterocycles. The molecule has 0 radical (unpaired) electrons. The Bertz CT molecular complexity index is 593. The zero-order valence-corrected chi connectivity index (χ0v) is 9.74. The molecule has 1 aliphatic carbocycles. The lowest BCUT2D eigenvalue weighted by atomic mass is 10.0. The maximum absolute atomic E-state index is 12.6. The van der Waals surface area contributed by atoms with Gasteiger partial charge in [0, 0.05) is 0 Å². The number of benzene rings is 2. The Morgan fingerprint density at radius 1 is 0.944 bits per heavy atom. The molecular weight excluding hydrogens is 232 g/mol. The van der Waals surface area contributed by atoms with Crippen molar-refractivity contribution < 1.29 is 8.78 Å². The highest BCUT2D eigenvalue weighted by Gasteiger charge is 2.22. The molecule has 3 rings (SSSR count). The summed E-state index contributed by atoms with van der Waals surface area (Å²) in [7, 11) is 0. The zero-order valence-electron chi connectivity index (χ0n) is 9.74. The van der Waals surface area contributed by atoms with E-state index in [1.165, 1.54) is 11.1 Å². The Morgan fingerprint density at radius 3 is 2.44 bits per heavy atom. The van der Waals surface area contributed by atoms with Crippen LogP contribution in [-0.4, -0.2) is 6.43 Å². The summed E-state index contributed by atoms with van der Waals surface area (Å²) in [6.07, 6.45) is -1.72. The maximum atomic E-state index is 12.6. The van der Waals surface area contributed by atoms with Crippen LogP contribution in [0.4, 0.5) is 8.78 Å². The molecule has 2 aromatic carbocycles. The Balaban J connectivity index is 2.03. The predicted molar refractivity (Wildman–Crippen MR) is 67.6 cm³/mol. The first-order valence-corrected chi connectivity index (χ1v) is 5.91. The van der Waals surface area contributed by atoms with Crippen LogP contribution in [0.25, 0.3) is 11.1 Å². The van der Waals surface area contributed by atoms with Gasteiger partial charge in [-0.1, -0.05) is 42.5 Å². The number of halogens is 2. The molecule has 0 saturated carbocycles. The molecule has 0 fully saturated rings. The standard InChI is InChI=1S/C15H13F2N/c16-15(17)14(18)10-5-6-13-11(8-10)7-9-3-1-2-4-12(9)13/h1-6,8,14-15H,7,18H2/t14-/m1/s1. The van der Waals surface area contributed by atoms with Crippen molar-refractivity contribution in [3.05, 3.63) is 59.2 Å². The molecule has 18 heavy (non-hydrogen) atoms. The third kappa shape index (κ3) is 1.71. The first-order valence-electron chi connectivity index (χ1n) is 5.91. The van der Waals surface area contributed by atoms with Crippen LogP contribution in [0.15, 0.2) is 42.5 Å². The van der Waals surface area contributed by atoms with Gasteiger partial charge in [0.15, 0.2) is 0 Å². The van der Waals surface area contributed by atoms with Gasteiger partial charge in [-0.15, -0.1) is 0 Å². The van der Waals surface area contributed by atoms with Crippen molar-refractivity contribution in [1.29, 1.82) is 0 Å². The van der Waals surface area contributed by atoms with Gasteiger partial charge in [-0.05, 0) is 34.2 Å². The molecule has 3 heteroatoms. The molecular formula is C15H13F2N. The third-order valence-electron chi connectivity index (χ3n) is 3.47. The predicted octanol–water partition coefficient (Wildman–Crippen LogP) is 3.52. The third-order valence-corrected chi connectivity index (χ3v) is 3.47. The van der Waals surface area contributed by atoms with Crippen molar-refractivity contribution in [3.63, 3.8) is 0 Å². The quantitative estimate of drug-likeness (QED) is 0.734. The summed E-state index contributed by atoms with van der Waals surface area (Å²) in [5.41, 5.74) is 10.7. The van der Waals surface area contributed by atoms with Gasteiger partial charge in [0.2, 0.25) is 0 Å². The van der Waals surface area contributed by atoms with E-state index < -0.39 is 12.5 Å². The number of fused-ring (bicyclic) bond motifs is 3. The van der Waals surface area contributed by atoms with Crippen molar-refractivity contribution in [1.82, 2.24) is 0 Å². The minimum Gasteiger partial charge on any atom is -0.319 e. The summed E-state index contributed by atoms with van der Waals surface area (Å²) < 4.78 is 25.2. The number of hydrogen-bond donors (Lipinski definition) is 1. The Hall–Kier alpha value is -1.74. The van der Waals surface area contributed by atoms with Crippen molar-refractivity contribution in [3.8, 4) is 11.1 Å². The monoisotopic (exact) mass is 245 g/mol. The number of nitrogens with two attached hydrogens (primary N) is 1. The molecule has 2 N–H and O–H groups in total. The summed E-state index contributed by atoms with van der Waals surface area (Å²) >= 11 is 0. The minimum atomic E-state index is -2.52. The van der Waals surface area contributed by atoms with Gasteiger partial charge in [-0.3, -0.25) is 0 Å². The van der Waals surface area contributed by atoms with Crippen LogP contribution in [0.5, 0.6) is 0 Å². The van der Waals surface area contributed by atoms with Crippen LogP contribution in [0, 0.1) is 0 Å². The maximum Gasteiger partial charge on any atom is 0.257 e. The van der Waals surface area contributed by atoms with Crippen LogP contribution in [0.1, 0.15) is 22.7 Å². The molecule has 1 nitrogen and oxygen atoms in total. The highest BCUT2D eigenvalue weighted by atomic mass is 19.3. The number of rotatable bonds is 2. The summed E-state index contributed by atoms with van der Waals surface area (Å²) in [5, 5.41) is 0. The summed E-state index contributed by atoms with van der Waals surface area (Å²) in [5.74, 6) is 0. The summed E-state index contributed by atoms with van der Waals surface area (Å²) in [6, 6.07) is 12.3. The molecule has 0 aromatic heterocycles. The molecule has 0 aliphatic heterocycles. The zero-order chi connectivity index (χ0) is 12.7. The Morgan fingerprint density at radius 2 is 1.67 bits per heavy atom.